The summed E-state index contributed by atoms with van der Waals surface area (Å²) in [4.78, 5) is 15.7. The molecular weight excluding hydrogens is 306 g/mol. The van der Waals surface area contributed by atoms with E-state index < -0.39 is 0 Å². The molecule has 0 amide bonds. The van der Waals surface area contributed by atoms with E-state index >= 15 is 0 Å². The van der Waals surface area contributed by atoms with Crippen molar-refractivity contribution in [1.29, 1.82) is 0 Å². The van der Waals surface area contributed by atoms with Gasteiger partial charge in [-0.1, -0.05) is 24.7 Å². The highest BCUT2D eigenvalue weighted by Crippen LogP contribution is 2.71. The summed E-state index contributed by atoms with van der Waals surface area (Å²) in [5.41, 5.74) is 2.85. The largest absolute Gasteiger partial charge is 0.299 e. The van der Waals surface area contributed by atoms with Crippen LogP contribution < -0.4 is 0 Å². The molecule has 132 valence electrons. The van der Waals surface area contributed by atoms with Crippen molar-refractivity contribution in [2.75, 3.05) is 14.1 Å². The van der Waals surface area contributed by atoms with Gasteiger partial charge in [0, 0.05) is 12.3 Å². The Morgan fingerprint density at radius 3 is 2.60 bits per heavy atom. The maximum atomic E-state index is 13.3. The van der Waals surface area contributed by atoms with Crippen molar-refractivity contribution in [2.45, 2.75) is 63.3 Å². The molecule has 2 heteroatoms. The Hall–Kier alpha value is -1.33. The van der Waals surface area contributed by atoms with Crippen LogP contribution in [0.4, 0.5) is 0 Å². The van der Waals surface area contributed by atoms with Crippen molar-refractivity contribution >= 4 is 5.78 Å². The fourth-order valence-electron chi connectivity index (χ4n) is 6.33. The van der Waals surface area contributed by atoms with E-state index in [0.29, 0.717) is 23.5 Å². The third-order valence-corrected chi connectivity index (χ3v) is 7.63. The molecule has 2 nitrogen and oxygen atoms in total. The summed E-state index contributed by atoms with van der Waals surface area (Å²) in [6.07, 6.45) is 15.1. The molecule has 0 spiro atoms. The minimum absolute atomic E-state index is 0.0623. The zero-order valence-electron chi connectivity index (χ0n) is 15.6. The summed E-state index contributed by atoms with van der Waals surface area (Å²) in [6.45, 7) is 0. The number of hydrogen-bond donors (Lipinski definition) is 0. The number of hydrogen-bond acceptors (Lipinski definition) is 2. The van der Waals surface area contributed by atoms with Gasteiger partial charge >= 0.3 is 0 Å². The lowest BCUT2D eigenvalue weighted by Crippen LogP contribution is -2.48. The van der Waals surface area contributed by atoms with E-state index in [2.05, 4.69) is 43.0 Å². The van der Waals surface area contributed by atoms with Crippen LogP contribution in [0.15, 0.2) is 23.3 Å². The topological polar surface area (TPSA) is 20.3 Å². The molecule has 2 bridgehead atoms. The molecule has 0 heterocycles. The first-order valence-electron chi connectivity index (χ1n) is 10.2. The third kappa shape index (κ3) is 2.05. The highest BCUT2D eigenvalue weighted by molar-refractivity contribution is 5.97. The Morgan fingerprint density at radius 1 is 1.12 bits per heavy atom. The van der Waals surface area contributed by atoms with Crippen LogP contribution >= 0.6 is 0 Å². The van der Waals surface area contributed by atoms with E-state index in [9.17, 15) is 4.79 Å². The van der Waals surface area contributed by atoms with Crippen LogP contribution in [0.5, 0.6) is 0 Å². The normalized spacial score (nSPS) is 40.0. The van der Waals surface area contributed by atoms with E-state index in [4.69, 9.17) is 0 Å². The second kappa shape index (κ2) is 5.34. The van der Waals surface area contributed by atoms with E-state index in [1.165, 1.54) is 50.5 Å². The Balaban J connectivity index is 1.65. The van der Waals surface area contributed by atoms with Gasteiger partial charge in [0.25, 0.3) is 0 Å². The zero-order chi connectivity index (χ0) is 17.2. The second-order valence-corrected chi connectivity index (χ2v) is 9.19. The number of Topliss-reactive ketones (excluding diaryl/α,β-unsaturated/α-hetero) is 1. The number of allylic oxidation sites excluding steroid dienone is 2. The third-order valence-electron chi connectivity index (χ3n) is 7.63. The monoisotopic (exact) mass is 335 g/mol. The van der Waals surface area contributed by atoms with Gasteiger partial charge in [0.15, 0.2) is 0 Å². The van der Waals surface area contributed by atoms with Gasteiger partial charge in [0.2, 0.25) is 0 Å². The van der Waals surface area contributed by atoms with Gasteiger partial charge in [-0.3, -0.25) is 9.69 Å². The molecule has 0 aromatic rings. The molecule has 5 rings (SSSR count). The van der Waals surface area contributed by atoms with Crippen molar-refractivity contribution in [3.8, 4) is 11.8 Å². The molecule has 25 heavy (non-hydrogen) atoms. The number of carbonyl (C=O) groups excluding carboxylic acids is 1. The standard InChI is InChI=1S/C23H29NO/c1-24(2)23-15-20(25)22(14-6-5-9-19(22)23)21(17-12-13-17)18(23)8-4-3-7-16-10-11-16/h4,8,16-17,19H,5-6,9-15H2,1-2H3/b8-4+/t19-,22-,23-/m0/s1. The summed E-state index contributed by atoms with van der Waals surface area (Å²) in [5, 5.41) is 0. The molecule has 0 aliphatic heterocycles. The van der Waals surface area contributed by atoms with Crippen molar-refractivity contribution in [3.63, 3.8) is 0 Å². The van der Waals surface area contributed by atoms with E-state index in [1.54, 1.807) is 5.57 Å². The Labute approximate surface area is 151 Å². The lowest BCUT2D eigenvalue weighted by Gasteiger charge is -2.42. The van der Waals surface area contributed by atoms with Crippen LogP contribution in [0.2, 0.25) is 0 Å². The Morgan fingerprint density at radius 2 is 1.92 bits per heavy atom. The van der Waals surface area contributed by atoms with E-state index in [-0.39, 0.29) is 11.0 Å². The van der Waals surface area contributed by atoms with E-state index in [0.717, 1.165) is 12.8 Å². The average molecular weight is 335 g/mol. The number of ketones is 1. The van der Waals surface area contributed by atoms with Crippen LogP contribution in [0.25, 0.3) is 0 Å². The zero-order valence-corrected chi connectivity index (χ0v) is 15.6. The highest BCUT2D eigenvalue weighted by atomic mass is 16.1. The molecule has 0 unspecified atom stereocenters. The summed E-state index contributed by atoms with van der Waals surface area (Å²) in [6, 6.07) is 0. The van der Waals surface area contributed by atoms with Gasteiger partial charge in [-0.2, -0.15) is 0 Å². The maximum absolute atomic E-state index is 13.3. The molecule has 0 radical (unpaired) electrons. The van der Waals surface area contributed by atoms with Crippen LogP contribution in [0.1, 0.15) is 57.8 Å². The lowest BCUT2D eigenvalue weighted by atomic mass is 9.64. The van der Waals surface area contributed by atoms with Crippen molar-refractivity contribution in [2.24, 2.45) is 23.2 Å². The molecular formula is C23H29NO. The Kier molecular flexibility index (Phi) is 3.39. The van der Waals surface area contributed by atoms with Gasteiger partial charge < -0.3 is 0 Å². The van der Waals surface area contributed by atoms with Crippen LogP contribution in [0.3, 0.4) is 0 Å². The van der Waals surface area contributed by atoms with Gasteiger partial charge in [-0.05, 0) is 87.8 Å². The molecule has 4 saturated carbocycles. The minimum atomic E-state index is -0.118. The predicted octanol–water partition coefficient (Wildman–Crippen LogP) is 4.13. The number of likely N-dealkylation sites (N-methyl/N-ethyl adjacent to an activating group) is 1. The van der Waals surface area contributed by atoms with Crippen LogP contribution in [0, 0.1) is 35.0 Å². The average Bonchev–Trinajstić information content (AvgIpc) is 3.50. The van der Waals surface area contributed by atoms with E-state index in [1.807, 2.05) is 0 Å². The molecule has 0 saturated heterocycles. The predicted molar refractivity (Wildman–Crippen MR) is 99.8 cm³/mol. The fraction of sp³-hybridized carbons (Fsp3) is 0.696. The number of carbonyl (C=O) groups is 1. The van der Waals surface area contributed by atoms with Crippen molar-refractivity contribution in [3.05, 3.63) is 23.3 Å². The minimum Gasteiger partial charge on any atom is -0.299 e. The molecule has 0 N–H and O–H groups in total. The summed E-state index contributed by atoms with van der Waals surface area (Å²) in [5.74, 6) is 9.02. The van der Waals surface area contributed by atoms with Gasteiger partial charge in [-0.25, -0.2) is 0 Å². The summed E-state index contributed by atoms with van der Waals surface area (Å²) in [7, 11) is 4.38. The fourth-order valence-corrected chi connectivity index (χ4v) is 6.33. The highest BCUT2D eigenvalue weighted by Gasteiger charge is 2.72. The molecule has 5 aliphatic rings. The van der Waals surface area contributed by atoms with Crippen molar-refractivity contribution in [1.82, 2.24) is 4.90 Å². The first kappa shape index (κ1) is 15.9. The Bertz CT molecular complexity index is 740. The lowest BCUT2D eigenvalue weighted by molar-refractivity contribution is -0.126. The van der Waals surface area contributed by atoms with Crippen LogP contribution in [-0.2, 0) is 4.79 Å². The van der Waals surface area contributed by atoms with Crippen molar-refractivity contribution < 1.29 is 4.79 Å². The number of rotatable bonds is 3. The smallest absolute Gasteiger partial charge is 0.145 e. The molecule has 0 aromatic carbocycles. The summed E-state index contributed by atoms with van der Waals surface area (Å²) < 4.78 is 0. The first-order chi connectivity index (χ1) is 12.1. The van der Waals surface area contributed by atoms with Gasteiger partial charge in [-0.15, -0.1) is 0 Å². The SMILES string of the molecule is CN(C)[C@]12CC(=O)[C@@]3(CCCC[C@@H]31)C(C1CC1)=C2/C=C/C#CC1CC1. The maximum Gasteiger partial charge on any atom is 0.145 e. The molecule has 3 atom stereocenters. The van der Waals surface area contributed by atoms with Crippen LogP contribution in [-0.4, -0.2) is 30.3 Å². The molecule has 5 aliphatic carbocycles. The summed E-state index contributed by atoms with van der Waals surface area (Å²) >= 11 is 0. The molecule has 4 fully saturated rings. The second-order valence-electron chi connectivity index (χ2n) is 9.19. The van der Waals surface area contributed by atoms with Gasteiger partial charge in [0.05, 0.1) is 11.0 Å². The quantitative estimate of drug-likeness (QED) is 0.723. The first-order valence-corrected chi connectivity index (χ1v) is 10.2. The number of nitrogens with zero attached hydrogens (tertiary/aromatic N) is 1. The van der Waals surface area contributed by atoms with Gasteiger partial charge in [0.1, 0.15) is 5.78 Å². The molecule has 0 aromatic heterocycles.